The Morgan fingerprint density at radius 3 is 2.06 bits per heavy atom. The highest BCUT2D eigenvalue weighted by molar-refractivity contribution is 6.33. The third kappa shape index (κ3) is 9.21. The molecular formula is C22H23ClN6O4. The van der Waals surface area contributed by atoms with Crippen molar-refractivity contribution in [3.05, 3.63) is 57.6 Å². The Hall–Kier alpha value is -3.57. The number of non-ortho nitro benzene ring substituents is 1. The van der Waals surface area contributed by atoms with Crippen molar-refractivity contribution in [2.45, 2.75) is 12.8 Å². The summed E-state index contributed by atoms with van der Waals surface area (Å²) in [5.41, 5.74) is 1.73. The van der Waals surface area contributed by atoms with Gasteiger partial charge in [-0.2, -0.15) is 15.6 Å². The van der Waals surface area contributed by atoms with E-state index < -0.39 is 4.92 Å². The van der Waals surface area contributed by atoms with Gasteiger partial charge in [0.2, 0.25) is 0 Å². The molecule has 2 rings (SSSR count). The van der Waals surface area contributed by atoms with Gasteiger partial charge >= 0.3 is 0 Å². The van der Waals surface area contributed by atoms with Crippen LogP contribution in [-0.2, 0) is 9.47 Å². The highest BCUT2D eigenvalue weighted by Crippen LogP contribution is 2.30. The molecule has 0 heterocycles. The van der Waals surface area contributed by atoms with Crippen LogP contribution in [0.25, 0.3) is 0 Å². The summed E-state index contributed by atoms with van der Waals surface area (Å²) in [7, 11) is 0. The van der Waals surface area contributed by atoms with E-state index in [0.29, 0.717) is 63.7 Å². The quantitative estimate of drug-likeness (QED) is 0.157. The molecule has 10 nitrogen and oxygen atoms in total. The molecule has 0 spiro atoms. The molecule has 0 aromatic heterocycles. The van der Waals surface area contributed by atoms with Gasteiger partial charge in [-0.1, -0.05) is 11.6 Å². The maximum Gasteiger partial charge on any atom is 0.271 e. The standard InChI is InChI=1S/C22H23ClN6O4/c23-21-17-20(29(30)31)7-8-22(21)27-26-18-3-5-19(6-4-18)28(11-15-32-13-1-9-24)12-16-33-14-2-10-25/h3-8,17H,1-2,11-16H2. The molecule has 0 aliphatic heterocycles. The summed E-state index contributed by atoms with van der Waals surface area (Å²) in [5.74, 6) is 0. The molecule has 172 valence electrons. The van der Waals surface area contributed by atoms with Gasteiger partial charge in [-0.05, 0) is 30.3 Å². The fourth-order valence-corrected chi connectivity index (χ4v) is 2.90. The Labute approximate surface area is 196 Å². The Bertz CT molecular complexity index is 993. The van der Waals surface area contributed by atoms with Crippen LogP contribution >= 0.6 is 11.6 Å². The first-order chi connectivity index (χ1) is 16.0. The van der Waals surface area contributed by atoms with Crippen LogP contribution in [0.2, 0.25) is 5.02 Å². The van der Waals surface area contributed by atoms with Gasteiger partial charge in [-0.15, -0.1) is 5.11 Å². The van der Waals surface area contributed by atoms with E-state index in [2.05, 4.69) is 15.1 Å². The van der Waals surface area contributed by atoms with Gasteiger partial charge in [-0.3, -0.25) is 10.1 Å². The van der Waals surface area contributed by atoms with Crippen molar-refractivity contribution in [1.29, 1.82) is 10.5 Å². The van der Waals surface area contributed by atoms with Crippen molar-refractivity contribution in [1.82, 2.24) is 0 Å². The summed E-state index contributed by atoms with van der Waals surface area (Å²) >= 11 is 6.04. The molecule has 0 N–H and O–H groups in total. The smallest absolute Gasteiger partial charge is 0.271 e. The minimum Gasteiger partial charge on any atom is -0.379 e. The minimum atomic E-state index is -0.527. The molecule has 0 bridgehead atoms. The second kappa shape index (κ2) is 14.5. The molecule has 2 aromatic rings. The Kier molecular flexibility index (Phi) is 11.3. The van der Waals surface area contributed by atoms with Gasteiger partial charge in [0.15, 0.2) is 0 Å². The van der Waals surface area contributed by atoms with Crippen molar-refractivity contribution >= 4 is 34.4 Å². The Balaban J connectivity index is 2.01. The number of nitriles is 2. The van der Waals surface area contributed by atoms with Gasteiger partial charge in [0, 0.05) is 30.9 Å². The molecule has 0 aliphatic carbocycles. The summed E-state index contributed by atoms with van der Waals surface area (Å²) < 4.78 is 11.0. The minimum absolute atomic E-state index is 0.114. The van der Waals surface area contributed by atoms with Crippen molar-refractivity contribution < 1.29 is 14.4 Å². The molecule has 0 unspecified atom stereocenters. The second-order valence-electron chi connectivity index (χ2n) is 6.64. The normalized spacial score (nSPS) is 10.6. The van der Waals surface area contributed by atoms with E-state index in [4.69, 9.17) is 31.6 Å². The van der Waals surface area contributed by atoms with Crippen LogP contribution in [0.1, 0.15) is 12.8 Å². The van der Waals surface area contributed by atoms with Gasteiger partial charge in [0.05, 0.1) is 67.0 Å². The summed E-state index contributed by atoms with van der Waals surface area (Å²) in [6.45, 7) is 2.89. The number of hydrogen-bond acceptors (Lipinski definition) is 9. The molecule has 0 amide bonds. The van der Waals surface area contributed by atoms with Crippen molar-refractivity contribution in [3.63, 3.8) is 0 Å². The van der Waals surface area contributed by atoms with E-state index in [-0.39, 0.29) is 10.7 Å². The van der Waals surface area contributed by atoms with Crippen LogP contribution < -0.4 is 4.90 Å². The average molecular weight is 471 g/mol. The van der Waals surface area contributed by atoms with Crippen molar-refractivity contribution in [2.75, 3.05) is 44.4 Å². The largest absolute Gasteiger partial charge is 0.379 e. The van der Waals surface area contributed by atoms with Crippen LogP contribution in [0.4, 0.5) is 22.7 Å². The van der Waals surface area contributed by atoms with E-state index >= 15 is 0 Å². The van der Waals surface area contributed by atoms with E-state index in [1.54, 1.807) is 12.1 Å². The van der Waals surface area contributed by atoms with Crippen LogP contribution in [0, 0.1) is 32.8 Å². The fourth-order valence-electron chi connectivity index (χ4n) is 2.69. The first-order valence-electron chi connectivity index (χ1n) is 10.1. The van der Waals surface area contributed by atoms with Gasteiger partial charge in [0.1, 0.15) is 5.69 Å². The summed E-state index contributed by atoms with van der Waals surface area (Å²) in [6, 6.07) is 15.4. The van der Waals surface area contributed by atoms with Gasteiger partial charge < -0.3 is 14.4 Å². The number of halogens is 1. The van der Waals surface area contributed by atoms with Crippen molar-refractivity contribution in [3.8, 4) is 12.1 Å². The summed E-state index contributed by atoms with van der Waals surface area (Å²) in [5, 5.41) is 36.4. The van der Waals surface area contributed by atoms with Gasteiger partial charge in [-0.25, -0.2) is 0 Å². The number of nitro groups is 1. The molecule has 2 aromatic carbocycles. The number of nitro benzene ring substituents is 1. The first-order valence-corrected chi connectivity index (χ1v) is 10.5. The topological polar surface area (TPSA) is 137 Å². The van der Waals surface area contributed by atoms with E-state index in [1.807, 2.05) is 24.3 Å². The number of benzene rings is 2. The second-order valence-corrected chi connectivity index (χ2v) is 7.04. The maximum absolute atomic E-state index is 10.8. The maximum atomic E-state index is 10.8. The van der Waals surface area contributed by atoms with E-state index in [1.165, 1.54) is 18.2 Å². The van der Waals surface area contributed by atoms with E-state index in [9.17, 15) is 10.1 Å². The lowest BCUT2D eigenvalue weighted by Gasteiger charge is -2.24. The lowest BCUT2D eigenvalue weighted by Crippen LogP contribution is -2.31. The Morgan fingerprint density at radius 1 is 0.939 bits per heavy atom. The zero-order valence-corrected chi connectivity index (χ0v) is 18.6. The lowest BCUT2D eigenvalue weighted by atomic mass is 10.2. The van der Waals surface area contributed by atoms with Crippen LogP contribution in [-0.4, -0.2) is 44.4 Å². The third-order valence-corrected chi connectivity index (χ3v) is 4.66. The zero-order valence-electron chi connectivity index (χ0n) is 17.9. The molecule has 0 saturated heterocycles. The van der Waals surface area contributed by atoms with E-state index in [0.717, 1.165) is 5.69 Å². The molecule has 0 saturated carbocycles. The third-order valence-electron chi connectivity index (χ3n) is 4.36. The predicted octanol–water partition coefficient (Wildman–Crippen LogP) is 5.33. The zero-order chi connectivity index (χ0) is 23.9. The number of rotatable bonds is 14. The number of ether oxygens (including phenoxy) is 2. The number of azo groups is 1. The molecule has 11 heteroatoms. The van der Waals surface area contributed by atoms with Gasteiger partial charge in [0.25, 0.3) is 5.69 Å². The monoisotopic (exact) mass is 470 g/mol. The predicted molar refractivity (Wildman–Crippen MR) is 123 cm³/mol. The molecule has 33 heavy (non-hydrogen) atoms. The number of nitrogens with zero attached hydrogens (tertiary/aromatic N) is 6. The average Bonchev–Trinajstić information content (AvgIpc) is 2.82. The summed E-state index contributed by atoms with van der Waals surface area (Å²) in [4.78, 5) is 12.4. The highest BCUT2D eigenvalue weighted by atomic mass is 35.5. The highest BCUT2D eigenvalue weighted by Gasteiger charge is 2.10. The number of anilines is 1. The van der Waals surface area contributed by atoms with Crippen LogP contribution in [0.5, 0.6) is 0 Å². The lowest BCUT2D eigenvalue weighted by molar-refractivity contribution is -0.384. The van der Waals surface area contributed by atoms with Crippen LogP contribution in [0.3, 0.4) is 0 Å². The molecule has 0 aliphatic rings. The van der Waals surface area contributed by atoms with Crippen LogP contribution in [0.15, 0.2) is 52.7 Å². The fraction of sp³-hybridized carbons (Fsp3) is 0.364. The molecule has 0 fully saturated rings. The van der Waals surface area contributed by atoms with Crippen molar-refractivity contribution in [2.24, 2.45) is 10.2 Å². The molecule has 0 atom stereocenters. The molecular weight excluding hydrogens is 448 g/mol. The molecule has 0 radical (unpaired) electrons. The number of hydrogen-bond donors (Lipinski definition) is 0. The Morgan fingerprint density at radius 2 is 1.55 bits per heavy atom. The summed E-state index contributed by atoms with van der Waals surface area (Å²) in [6.07, 6.45) is 0.686. The first kappa shape index (κ1) is 25.7. The SMILES string of the molecule is N#CCCOCCN(CCOCCC#N)c1ccc(N=Nc2ccc([N+](=O)[O-])cc2Cl)cc1.